The molecule has 1 aromatic heterocycles. The van der Waals surface area contributed by atoms with Gasteiger partial charge in [-0.2, -0.15) is 5.26 Å². The minimum Gasteiger partial charge on any atom is -0.496 e. The third-order valence-electron chi connectivity index (χ3n) is 3.78. The van der Waals surface area contributed by atoms with Crippen molar-refractivity contribution in [2.45, 2.75) is 6.54 Å². The first kappa shape index (κ1) is 15.6. The van der Waals surface area contributed by atoms with Crippen LogP contribution in [0.4, 0.5) is 0 Å². The number of fused-ring (bicyclic) bond motifs is 1. The lowest BCUT2D eigenvalue weighted by atomic mass is 10.1. The van der Waals surface area contributed by atoms with Gasteiger partial charge in [0.2, 0.25) is 5.82 Å². The molecule has 24 heavy (non-hydrogen) atoms. The fraction of sp³-hybridized carbons (Fsp3) is 0.167. The molecule has 0 aliphatic carbocycles. The number of carbonyl (C=O) groups excluding carboxylic acids is 1. The number of carbonyl (C=O) groups is 1. The fourth-order valence-electron chi connectivity index (χ4n) is 2.65. The van der Waals surface area contributed by atoms with E-state index in [4.69, 9.17) is 9.47 Å². The number of hydrogen-bond acceptors (Lipinski definition) is 5. The highest BCUT2D eigenvalue weighted by Crippen LogP contribution is 2.29. The van der Waals surface area contributed by atoms with E-state index in [1.807, 2.05) is 30.3 Å². The fourth-order valence-corrected chi connectivity index (χ4v) is 2.65. The van der Waals surface area contributed by atoms with E-state index >= 15 is 0 Å². The molecule has 6 heteroatoms. The smallest absolute Gasteiger partial charge is 0.343 e. The van der Waals surface area contributed by atoms with Gasteiger partial charge in [0.1, 0.15) is 22.9 Å². The van der Waals surface area contributed by atoms with Crippen molar-refractivity contribution in [1.82, 2.24) is 9.55 Å². The average molecular weight is 321 g/mol. The molecule has 3 rings (SSSR count). The number of methoxy groups -OCH3 is 2. The third-order valence-corrected chi connectivity index (χ3v) is 3.78. The largest absolute Gasteiger partial charge is 0.496 e. The first-order valence-electron chi connectivity index (χ1n) is 7.29. The molecule has 2 aromatic carbocycles. The monoisotopic (exact) mass is 321 g/mol. The average Bonchev–Trinajstić information content (AvgIpc) is 2.98. The number of ether oxygens (including phenoxy) is 2. The molecule has 0 spiro atoms. The van der Waals surface area contributed by atoms with Crippen LogP contribution in [0.5, 0.6) is 5.75 Å². The number of hydrogen-bond donors (Lipinski definition) is 0. The van der Waals surface area contributed by atoms with Gasteiger partial charge < -0.3 is 14.0 Å². The maximum absolute atomic E-state index is 12.1. The maximum atomic E-state index is 12.1. The van der Waals surface area contributed by atoms with Crippen LogP contribution >= 0.6 is 0 Å². The Bertz CT molecular complexity index is 940. The molecule has 0 saturated carbocycles. The Labute approximate surface area is 138 Å². The van der Waals surface area contributed by atoms with E-state index in [1.54, 1.807) is 16.7 Å². The van der Waals surface area contributed by atoms with Gasteiger partial charge >= 0.3 is 5.97 Å². The summed E-state index contributed by atoms with van der Waals surface area (Å²) in [7, 11) is 2.77. The Morgan fingerprint density at radius 1 is 1.21 bits per heavy atom. The summed E-state index contributed by atoms with van der Waals surface area (Å²) in [6, 6.07) is 15.3. The SMILES string of the molecule is COC(=O)c1c(OC)ccc2c1nc(C#N)n2Cc1ccccc1. The van der Waals surface area contributed by atoms with E-state index in [2.05, 4.69) is 11.1 Å². The van der Waals surface area contributed by atoms with Crippen molar-refractivity contribution in [3.63, 3.8) is 0 Å². The lowest BCUT2D eigenvalue weighted by Gasteiger charge is -2.09. The number of nitriles is 1. The molecule has 0 N–H and O–H groups in total. The molecule has 1 heterocycles. The molecular formula is C18H15N3O3. The van der Waals surface area contributed by atoms with E-state index in [0.29, 0.717) is 23.3 Å². The highest BCUT2D eigenvalue weighted by Gasteiger charge is 2.22. The van der Waals surface area contributed by atoms with Crippen molar-refractivity contribution in [3.05, 3.63) is 59.4 Å². The number of nitrogens with zero attached hydrogens (tertiary/aromatic N) is 3. The second-order valence-corrected chi connectivity index (χ2v) is 5.12. The molecule has 6 nitrogen and oxygen atoms in total. The van der Waals surface area contributed by atoms with Gasteiger partial charge in [-0.15, -0.1) is 0 Å². The van der Waals surface area contributed by atoms with E-state index in [9.17, 15) is 10.1 Å². The molecule has 0 aliphatic rings. The molecular weight excluding hydrogens is 306 g/mol. The van der Waals surface area contributed by atoms with Crippen molar-refractivity contribution in [1.29, 1.82) is 5.26 Å². The summed E-state index contributed by atoms with van der Waals surface area (Å²) >= 11 is 0. The van der Waals surface area contributed by atoms with Crippen LogP contribution in [-0.2, 0) is 11.3 Å². The van der Waals surface area contributed by atoms with E-state index < -0.39 is 5.97 Å². The van der Waals surface area contributed by atoms with Crippen LogP contribution in [-0.4, -0.2) is 29.7 Å². The standard InChI is InChI=1S/C18H15N3O3/c1-23-14-9-8-13-17(16(14)18(22)24-2)20-15(10-19)21(13)11-12-6-4-3-5-7-12/h3-9H,11H2,1-2H3. The third kappa shape index (κ3) is 2.57. The zero-order valence-corrected chi connectivity index (χ0v) is 13.3. The minimum absolute atomic E-state index is 0.223. The molecule has 0 radical (unpaired) electrons. The summed E-state index contributed by atoms with van der Waals surface area (Å²) in [5, 5.41) is 9.43. The zero-order chi connectivity index (χ0) is 17.1. The van der Waals surface area contributed by atoms with Crippen LogP contribution in [0.25, 0.3) is 11.0 Å². The summed E-state index contributed by atoms with van der Waals surface area (Å²) in [5.41, 5.74) is 2.33. The van der Waals surface area contributed by atoms with Gasteiger partial charge in [0, 0.05) is 0 Å². The molecule has 0 amide bonds. The van der Waals surface area contributed by atoms with Crippen LogP contribution in [0, 0.1) is 11.3 Å². The summed E-state index contributed by atoms with van der Waals surface area (Å²) in [5.74, 6) is 0.0433. The number of esters is 1. The number of aromatic nitrogens is 2. The van der Waals surface area contributed by atoms with Crippen LogP contribution in [0.1, 0.15) is 21.7 Å². The van der Waals surface area contributed by atoms with Crippen LogP contribution < -0.4 is 4.74 Å². The van der Waals surface area contributed by atoms with E-state index in [-0.39, 0.29) is 11.4 Å². The van der Waals surface area contributed by atoms with Crippen molar-refractivity contribution in [2.24, 2.45) is 0 Å². The summed E-state index contributed by atoms with van der Waals surface area (Å²) < 4.78 is 11.9. The second kappa shape index (κ2) is 6.42. The van der Waals surface area contributed by atoms with E-state index in [1.165, 1.54) is 14.2 Å². The van der Waals surface area contributed by atoms with Gasteiger partial charge in [-0.25, -0.2) is 9.78 Å². The van der Waals surface area contributed by atoms with Gasteiger partial charge in [-0.1, -0.05) is 30.3 Å². The molecule has 3 aromatic rings. The Morgan fingerprint density at radius 3 is 2.58 bits per heavy atom. The van der Waals surface area contributed by atoms with E-state index in [0.717, 1.165) is 5.56 Å². The summed E-state index contributed by atoms with van der Waals surface area (Å²) in [6.45, 7) is 0.479. The molecule has 0 aliphatic heterocycles. The van der Waals surface area contributed by atoms with Crippen LogP contribution in [0.3, 0.4) is 0 Å². The first-order chi connectivity index (χ1) is 11.7. The van der Waals surface area contributed by atoms with Crippen molar-refractivity contribution in [2.75, 3.05) is 14.2 Å². The number of imidazole rings is 1. The Kier molecular flexibility index (Phi) is 4.17. The first-order valence-corrected chi connectivity index (χ1v) is 7.29. The highest BCUT2D eigenvalue weighted by atomic mass is 16.5. The second-order valence-electron chi connectivity index (χ2n) is 5.12. The topological polar surface area (TPSA) is 77.1 Å². The van der Waals surface area contributed by atoms with Gasteiger partial charge in [-0.3, -0.25) is 0 Å². The highest BCUT2D eigenvalue weighted by molar-refractivity contribution is 6.05. The lowest BCUT2D eigenvalue weighted by Crippen LogP contribution is -2.06. The van der Waals surface area contributed by atoms with Gasteiger partial charge in [-0.05, 0) is 17.7 Å². The quantitative estimate of drug-likeness (QED) is 0.691. The number of benzene rings is 2. The predicted molar refractivity (Wildman–Crippen MR) is 87.9 cm³/mol. The van der Waals surface area contributed by atoms with Crippen molar-refractivity contribution < 1.29 is 14.3 Å². The van der Waals surface area contributed by atoms with Crippen molar-refractivity contribution in [3.8, 4) is 11.8 Å². The van der Waals surface area contributed by atoms with Gasteiger partial charge in [0.05, 0.1) is 26.3 Å². The van der Waals surface area contributed by atoms with Gasteiger partial charge in [0.15, 0.2) is 0 Å². The molecule has 120 valence electrons. The van der Waals surface area contributed by atoms with Crippen LogP contribution in [0.2, 0.25) is 0 Å². The Hall–Kier alpha value is -3.33. The molecule has 0 atom stereocenters. The zero-order valence-electron chi connectivity index (χ0n) is 13.3. The molecule has 0 bridgehead atoms. The minimum atomic E-state index is -0.550. The van der Waals surface area contributed by atoms with Gasteiger partial charge in [0.25, 0.3) is 0 Å². The Morgan fingerprint density at radius 2 is 1.96 bits per heavy atom. The summed E-state index contributed by atoms with van der Waals surface area (Å²) in [4.78, 5) is 16.5. The molecule has 0 saturated heterocycles. The predicted octanol–water partition coefficient (Wildman–Crippen LogP) is 2.75. The number of rotatable bonds is 4. The summed E-state index contributed by atoms with van der Waals surface area (Å²) in [6.07, 6.45) is 0. The lowest BCUT2D eigenvalue weighted by molar-refractivity contribution is 0.0599. The Balaban J connectivity index is 2.24. The molecule has 0 fully saturated rings. The van der Waals surface area contributed by atoms with Crippen LogP contribution in [0.15, 0.2) is 42.5 Å². The molecule has 0 unspecified atom stereocenters. The maximum Gasteiger partial charge on any atom is 0.343 e. The normalized spacial score (nSPS) is 10.4. The van der Waals surface area contributed by atoms with Crippen molar-refractivity contribution >= 4 is 17.0 Å².